The Bertz CT molecular complexity index is 783. The second-order valence-corrected chi connectivity index (χ2v) is 6.58. The zero-order chi connectivity index (χ0) is 17.6. The number of fused-ring (bicyclic) bond motifs is 1. The fourth-order valence-corrected chi connectivity index (χ4v) is 2.85. The molecule has 1 heterocycles. The molecule has 2 aromatic carbocycles. The first kappa shape index (κ1) is 17.9. The Morgan fingerprint density at radius 3 is 2.64 bits per heavy atom. The molecule has 3 rings (SSSR count). The van der Waals surface area contributed by atoms with Gasteiger partial charge in [0, 0.05) is 3.57 Å². The molecule has 1 aliphatic heterocycles. The van der Waals surface area contributed by atoms with E-state index in [1.54, 1.807) is 6.08 Å². The summed E-state index contributed by atoms with van der Waals surface area (Å²) in [5, 5.41) is 8.61. The lowest BCUT2D eigenvalue weighted by molar-refractivity contribution is 0.0705. The third-order valence-corrected chi connectivity index (χ3v) is 4.21. The standard InChI is InChI=1S/C19H17IO5/c20-14-3-6-17-16(12-14)19(22)18(25-17)11-13-1-4-15(5-2-13)24-10-9-23-8-7-21/h1-6,11-12,21H,7-10H2. The van der Waals surface area contributed by atoms with Crippen LogP contribution in [0.4, 0.5) is 0 Å². The van der Waals surface area contributed by atoms with Crippen LogP contribution in [-0.2, 0) is 4.74 Å². The molecule has 25 heavy (non-hydrogen) atoms. The monoisotopic (exact) mass is 452 g/mol. The van der Waals surface area contributed by atoms with Gasteiger partial charge in [-0.25, -0.2) is 0 Å². The minimum absolute atomic E-state index is 0.00712. The molecule has 0 spiro atoms. The maximum atomic E-state index is 12.4. The number of hydrogen-bond acceptors (Lipinski definition) is 5. The van der Waals surface area contributed by atoms with Gasteiger partial charge in [-0.05, 0) is 64.6 Å². The van der Waals surface area contributed by atoms with Gasteiger partial charge in [-0.15, -0.1) is 0 Å². The van der Waals surface area contributed by atoms with E-state index in [0.717, 1.165) is 9.13 Å². The van der Waals surface area contributed by atoms with Gasteiger partial charge in [0.05, 0.1) is 25.4 Å². The second kappa shape index (κ2) is 8.46. The van der Waals surface area contributed by atoms with E-state index in [4.69, 9.17) is 19.3 Å². The van der Waals surface area contributed by atoms with Gasteiger partial charge in [0.15, 0.2) is 5.76 Å². The van der Waals surface area contributed by atoms with Crippen LogP contribution < -0.4 is 9.47 Å². The molecule has 0 unspecified atom stereocenters. The molecule has 0 aliphatic carbocycles. The molecule has 6 heteroatoms. The minimum Gasteiger partial charge on any atom is -0.491 e. The molecule has 0 atom stereocenters. The molecule has 0 saturated carbocycles. The molecule has 1 aliphatic rings. The number of carbonyl (C=O) groups is 1. The molecule has 0 fully saturated rings. The summed E-state index contributed by atoms with van der Waals surface area (Å²) in [6.45, 7) is 1.15. The number of ether oxygens (including phenoxy) is 3. The summed E-state index contributed by atoms with van der Waals surface area (Å²) in [7, 11) is 0. The van der Waals surface area contributed by atoms with Gasteiger partial charge >= 0.3 is 0 Å². The second-order valence-electron chi connectivity index (χ2n) is 5.33. The maximum Gasteiger partial charge on any atom is 0.232 e. The Morgan fingerprint density at radius 2 is 1.88 bits per heavy atom. The lowest BCUT2D eigenvalue weighted by Crippen LogP contribution is -2.09. The number of Topliss-reactive ketones (excluding diaryl/α,β-unsaturated/α-hetero) is 1. The van der Waals surface area contributed by atoms with E-state index in [1.165, 1.54) is 0 Å². The molecular formula is C19H17IO5. The molecule has 0 radical (unpaired) electrons. The van der Waals surface area contributed by atoms with Crippen molar-refractivity contribution in [3.05, 3.63) is 62.9 Å². The molecule has 2 aromatic rings. The van der Waals surface area contributed by atoms with E-state index in [1.807, 2.05) is 42.5 Å². The highest BCUT2D eigenvalue weighted by Gasteiger charge is 2.27. The molecule has 0 bridgehead atoms. The van der Waals surface area contributed by atoms with Crippen LogP contribution in [0.1, 0.15) is 15.9 Å². The topological polar surface area (TPSA) is 65.0 Å². The van der Waals surface area contributed by atoms with Crippen molar-refractivity contribution in [2.24, 2.45) is 0 Å². The van der Waals surface area contributed by atoms with Crippen molar-refractivity contribution in [1.29, 1.82) is 0 Å². The van der Waals surface area contributed by atoms with Gasteiger partial charge in [-0.3, -0.25) is 4.79 Å². The number of aliphatic hydroxyl groups is 1. The normalized spacial score (nSPS) is 14.5. The fourth-order valence-electron chi connectivity index (χ4n) is 2.36. The SMILES string of the molecule is O=C1C(=Cc2ccc(OCCOCCO)cc2)Oc2ccc(I)cc21. The van der Waals surface area contributed by atoms with Crippen LogP contribution in [0.25, 0.3) is 6.08 Å². The predicted octanol–water partition coefficient (Wildman–Crippen LogP) is 3.30. The van der Waals surface area contributed by atoms with Crippen LogP contribution in [-0.4, -0.2) is 37.3 Å². The van der Waals surface area contributed by atoms with Gasteiger partial charge in [0.25, 0.3) is 0 Å². The van der Waals surface area contributed by atoms with Gasteiger partial charge in [-0.1, -0.05) is 12.1 Å². The summed E-state index contributed by atoms with van der Waals surface area (Å²) in [5.74, 6) is 1.53. The lowest BCUT2D eigenvalue weighted by atomic mass is 10.1. The van der Waals surface area contributed by atoms with Crippen LogP contribution in [0.15, 0.2) is 48.2 Å². The summed E-state index contributed by atoms with van der Waals surface area (Å²) in [4.78, 5) is 12.4. The lowest BCUT2D eigenvalue weighted by Gasteiger charge is -2.06. The Labute approximate surface area is 159 Å². The van der Waals surface area contributed by atoms with Gasteiger partial charge in [-0.2, -0.15) is 0 Å². The highest BCUT2D eigenvalue weighted by molar-refractivity contribution is 14.1. The zero-order valence-corrected chi connectivity index (χ0v) is 15.6. The molecule has 130 valence electrons. The highest BCUT2D eigenvalue weighted by Crippen LogP contribution is 2.33. The smallest absolute Gasteiger partial charge is 0.232 e. The highest BCUT2D eigenvalue weighted by atomic mass is 127. The predicted molar refractivity (Wildman–Crippen MR) is 102 cm³/mol. The zero-order valence-electron chi connectivity index (χ0n) is 13.4. The molecule has 5 nitrogen and oxygen atoms in total. The number of halogens is 1. The van der Waals surface area contributed by atoms with Gasteiger partial charge in [0.2, 0.25) is 5.78 Å². The molecule has 1 N–H and O–H groups in total. The number of aliphatic hydroxyl groups excluding tert-OH is 1. The van der Waals surface area contributed by atoms with E-state index in [2.05, 4.69) is 22.6 Å². The van der Waals surface area contributed by atoms with Crippen LogP contribution in [0.2, 0.25) is 0 Å². The van der Waals surface area contributed by atoms with Gasteiger partial charge in [0.1, 0.15) is 18.1 Å². The minimum atomic E-state index is -0.102. The van der Waals surface area contributed by atoms with E-state index < -0.39 is 0 Å². The number of carbonyl (C=O) groups excluding carboxylic acids is 1. The Kier molecular flexibility index (Phi) is 6.06. The van der Waals surface area contributed by atoms with E-state index in [-0.39, 0.29) is 12.4 Å². The van der Waals surface area contributed by atoms with Crippen molar-refractivity contribution in [3.63, 3.8) is 0 Å². The van der Waals surface area contributed by atoms with Crippen molar-refractivity contribution in [3.8, 4) is 11.5 Å². The maximum absolute atomic E-state index is 12.4. The summed E-state index contributed by atoms with van der Waals surface area (Å²) in [6, 6.07) is 12.9. The quantitative estimate of drug-likeness (QED) is 0.397. The van der Waals surface area contributed by atoms with Gasteiger partial charge < -0.3 is 19.3 Å². The third-order valence-electron chi connectivity index (χ3n) is 3.54. The van der Waals surface area contributed by atoms with Crippen molar-refractivity contribution in [2.75, 3.05) is 26.4 Å². The van der Waals surface area contributed by atoms with Crippen LogP contribution in [0.3, 0.4) is 0 Å². The first-order chi connectivity index (χ1) is 12.2. The molecule has 0 amide bonds. The Hall–Kier alpha value is -1.90. The van der Waals surface area contributed by atoms with E-state index in [0.29, 0.717) is 42.6 Å². The Balaban J connectivity index is 1.62. The average Bonchev–Trinajstić information content (AvgIpc) is 2.92. The first-order valence-electron chi connectivity index (χ1n) is 7.82. The molecule has 0 saturated heterocycles. The van der Waals surface area contributed by atoms with E-state index >= 15 is 0 Å². The average molecular weight is 452 g/mol. The summed E-state index contributed by atoms with van der Waals surface area (Å²) < 4.78 is 17.3. The fraction of sp³-hybridized carbons (Fsp3) is 0.211. The van der Waals surface area contributed by atoms with Crippen LogP contribution in [0, 0.1) is 3.57 Å². The Morgan fingerprint density at radius 1 is 1.08 bits per heavy atom. The summed E-state index contributed by atoms with van der Waals surface area (Å²) in [5.41, 5.74) is 1.45. The number of benzene rings is 2. The third kappa shape index (κ3) is 4.59. The first-order valence-corrected chi connectivity index (χ1v) is 8.90. The van der Waals surface area contributed by atoms with E-state index in [9.17, 15) is 4.79 Å². The van der Waals surface area contributed by atoms with Crippen molar-refractivity contribution in [1.82, 2.24) is 0 Å². The summed E-state index contributed by atoms with van der Waals surface area (Å²) in [6.07, 6.45) is 1.73. The van der Waals surface area contributed by atoms with Crippen molar-refractivity contribution >= 4 is 34.5 Å². The largest absolute Gasteiger partial charge is 0.491 e. The van der Waals surface area contributed by atoms with Crippen molar-refractivity contribution in [2.45, 2.75) is 0 Å². The summed E-state index contributed by atoms with van der Waals surface area (Å²) >= 11 is 2.17. The van der Waals surface area contributed by atoms with Crippen LogP contribution >= 0.6 is 22.6 Å². The number of allylic oxidation sites excluding steroid dienone is 1. The number of hydrogen-bond donors (Lipinski definition) is 1. The molecule has 0 aromatic heterocycles. The van der Waals surface area contributed by atoms with Crippen molar-refractivity contribution < 1.29 is 24.1 Å². The number of ketones is 1. The number of rotatable bonds is 7. The van der Waals surface area contributed by atoms with Crippen LogP contribution in [0.5, 0.6) is 11.5 Å². The molecular weight excluding hydrogens is 435 g/mol.